The van der Waals surface area contributed by atoms with Crippen LogP contribution in [-0.4, -0.2) is 31.3 Å². The number of hydrogen-bond acceptors (Lipinski definition) is 2. The van der Waals surface area contributed by atoms with Gasteiger partial charge in [0.15, 0.2) is 0 Å². The third kappa shape index (κ3) is 3.06. The zero-order valence-electron chi connectivity index (χ0n) is 13.3. The highest BCUT2D eigenvalue weighted by atomic mass is 16.1. The summed E-state index contributed by atoms with van der Waals surface area (Å²) in [7, 11) is 2.18. The van der Waals surface area contributed by atoms with Crippen LogP contribution in [0.2, 0.25) is 0 Å². The number of hydrogen-bond donors (Lipinski definition) is 0. The Morgan fingerprint density at radius 2 is 2.00 bits per heavy atom. The monoisotopic (exact) mass is 285 g/mol. The highest BCUT2D eigenvalue weighted by Gasteiger charge is 2.40. The molecule has 114 valence electrons. The fraction of sp³-hybridized carbons (Fsp3) is 0.632. The molecule has 2 heteroatoms. The van der Waals surface area contributed by atoms with Crippen LogP contribution in [0.1, 0.15) is 38.2 Å². The molecule has 0 aliphatic heterocycles. The average Bonchev–Trinajstić information content (AvgIpc) is 3.10. The highest BCUT2D eigenvalue weighted by Crippen LogP contribution is 2.48. The maximum Gasteiger partial charge on any atom is 0.131 e. The van der Waals surface area contributed by atoms with Crippen LogP contribution < -0.4 is 0 Å². The van der Waals surface area contributed by atoms with Gasteiger partial charge >= 0.3 is 0 Å². The summed E-state index contributed by atoms with van der Waals surface area (Å²) in [6, 6.07) is 10.2. The number of likely N-dealkylation sites (N-methyl/N-ethyl adjacent to an activating group) is 1. The van der Waals surface area contributed by atoms with Gasteiger partial charge in [-0.15, -0.1) is 0 Å². The standard InChI is InChI=1S/C19H27NO/c1-19(14-21,18-6-4-3-5-7-18)13-20(2)12-17-11-15-8-9-16(17)10-15/h3-7,14-17H,8-13H2,1-2H3. The minimum atomic E-state index is -0.395. The zero-order chi connectivity index (χ0) is 14.9. The van der Waals surface area contributed by atoms with E-state index < -0.39 is 5.41 Å². The molecule has 0 aromatic heterocycles. The van der Waals surface area contributed by atoms with Gasteiger partial charge in [-0.1, -0.05) is 36.8 Å². The summed E-state index contributed by atoms with van der Waals surface area (Å²) in [4.78, 5) is 14.1. The van der Waals surface area contributed by atoms with Crippen molar-refractivity contribution in [2.45, 2.75) is 38.0 Å². The van der Waals surface area contributed by atoms with E-state index in [0.717, 1.165) is 42.7 Å². The summed E-state index contributed by atoms with van der Waals surface area (Å²) in [5, 5.41) is 0. The first kappa shape index (κ1) is 14.8. The summed E-state index contributed by atoms with van der Waals surface area (Å²) >= 11 is 0. The Balaban J connectivity index is 1.62. The normalized spacial score (nSPS) is 30.5. The van der Waals surface area contributed by atoms with Crippen LogP contribution in [0.15, 0.2) is 30.3 Å². The van der Waals surface area contributed by atoms with Crippen molar-refractivity contribution in [2.75, 3.05) is 20.1 Å². The number of carbonyl (C=O) groups is 1. The van der Waals surface area contributed by atoms with Gasteiger partial charge in [0.05, 0.1) is 5.41 Å². The molecule has 2 fully saturated rings. The SMILES string of the molecule is CN(CC1CC2CCC1C2)CC(C)(C=O)c1ccccc1. The molecule has 2 aliphatic carbocycles. The van der Waals surface area contributed by atoms with Gasteiger partial charge in [-0.3, -0.25) is 0 Å². The van der Waals surface area contributed by atoms with Crippen molar-refractivity contribution in [2.24, 2.45) is 17.8 Å². The largest absolute Gasteiger partial charge is 0.305 e. The van der Waals surface area contributed by atoms with Crippen LogP contribution in [-0.2, 0) is 10.2 Å². The summed E-state index contributed by atoms with van der Waals surface area (Å²) in [6.45, 7) is 4.03. The molecule has 1 aromatic rings. The van der Waals surface area contributed by atoms with E-state index in [9.17, 15) is 4.79 Å². The second-order valence-electron chi connectivity index (χ2n) is 7.53. The second-order valence-corrected chi connectivity index (χ2v) is 7.53. The molecule has 2 saturated carbocycles. The van der Waals surface area contributed by atoms with E-state index in [2.05, 4.69) is 31.0 Å². The van der Waals surface area contributed by atoms with Crippen molar-refractivity contribution in [3.63, 3.8) is 0 Å². The lowest BCUT2D eigenvalue weighted by Gasteiger charge is -2.33. The fourth-order valence-electron chi connectivity index (χ4n) is 4.64. The first-order valence-corrected chi connectivity index (χ1v) is 8.31. The Kier molecular flexibility index (Phi) is 4.17. The van der Waals surface area contributed by atoms with Gasteiger partial charge in [-0.2, -0.15) is 0 Å². The van der Waals surface area contributed by atoms with Crippen LogP contribution >= 0.6 is 0 Å². The Labute approximate surface area is 128 Å². The van der Waals surface area contributed by atoms with Gasteiger partial charge in [0, 0.05) is 13.1 Å². The highest BCUT2D eigenvalue weighted by molar-refractivity contribution is 5.68. The average molecular weight is 285 g/mol. The van der Waals surface area contributed by atoms with Crippen molar-refractivity contribution in [1.82, 2.24) is 4.90 Å². The van der Waals surface area contributed by atoms with E-state index in [-0.39, 0.29) is 0 Å². The fourth-order valence-corrected chi connectivity index (χ4v) is 4.64. The molecule has 1 aromatic carbocycles. The van der Waals surface area contributed by atoms with Gasteiger partial charge in [0.2, 0.25) is 0 Å². The van der Waals surface area contributed by atoms with Gasteiger partial charge in [-0.25, -0.2) is 0 Å². The molecule has 2 aliphatic rings. The minimum Gasteiger partial charge on any atom is -0.305 e. The number of fused-ring (bicyclic) bond motifs is 2. The molecule has 4 atom stereocenters. The Morgan fingerprint density at radius 3 is 2.57 bits per heavy atom. The Bertz CT molecular complexity index is 486. The van der Waals surface area contributed by atoms with E-state index in [1.54, 1.807) is 0 Å². The predicted octanol–water partition coefficient (Wildman–Crippen LogP) is 3.51. The lowest BCUT2D eigenvalue weighted by molar-refractivity contribution is -0.112. The van der Waals surface area contributed by atoms with E-state index in [0.29, 0.717) is 0 Å². The molecule has 0 amide bonds. The molecule has 4 unspecified atom stereocenters. The van der Waals surface area contributed by atoms with Gasteiger partial charge in [-0.05, 0) is 56.6 Å². The molecular formula is C19H27NO. The zero-order valence-corrected chi connectivity index (χ0v) is 13.3. The summed E-state index contributed by atoms with van der Waals surface area (Å²) in [5.41, 5.74) is 0.730. The van der Waals surface area contributed by atoms with Crippen molar-refractivity contribution in [3.8, 4) is 0 Å². The van der Waals surface area contributed by atoms with E-state index >= 15 is 0 Å². The molecule has 3 rings (SSSR count). The van der Waals surface area contributed by atoms with E-state index in [1.165, 1.54) is 25.7 Å². The molecule has 0 saturated heterocycles. The van der Waals surface area contributed by atoms with E-state index in [4.69, 9.17) is 0 Å². The van der Waals surface area contributed by atoms with Crippen LogP contribution in [0.4, 0.5) is 0 Å². The molecular weight excluding hydrogens is 258 g/mol. The maximum atomic E-state index is 11.7. The Hall–Kier alpha value is -1.15. The number of nitrogens with zero attached hydrogens (tertiary/aromatic N) is 1. The predicted molar refractivity (Wildman–Crippen MR) is 86.3 cm³/mol. The second kappa shape index (κ2) is 5.92. The summed E-state index contributed by atoms with van der Waals surface area (Å²) in [6.07, 6.45) is 6.90. The molecule has 2 nitrogen and oxygen atoms in total. The van der Waals surface area contributed by atoms with Gasteiger partial charge in [0.1, 0.15) is 6.29 Å². The van der Waals surface area contributed by atoms with Gasteiger partial charge < -0.3 is 9.69 Å². The first-order chi connectivity index (χ1) is 10.1. The third-order valence-electron chi connectivity index (χ3n) is 5.72. The molecule has 0 spiro atoms. The number of carbonyl (C=O) groups excluding carboxylic acids is 1. The molecule has 0 N–H and O–H groups in total. The van der Waals surface area contributed by atoms with Crippen LogP contribution in [0.25, 0.3) is 0 Å². The van der Waals surface area contributed by atoms with Crippen molar-refractivity contribution < 1.29 is 4.79 Å². The van der Waals surface area contributed by atoms with Crippen LogP contribution in [0.3, 0.4) is 0 Å². The smallest absolute Gasteiger partial charge is 0.131 e. The number of aldehydes is 1. The minimum absolute atomic E-state index is 0.395. The Morgan fingerprint density at radius 1 is 1.24 bits per heavy atom. The lowest BCUT2D eigenvalue weighted by Crippen LogP contribution is -2.40. The van der Waals surface area contributed by atoms with Crippen molar-refractivity contribution in [3.05, 3.63) is 35.9 Å². The molecule has 2 bridgehead atoms. The number of rotatable bonds is 6. The lowest BCUT2D eigenvalue weighted by atomic mass is 9.82. The van der Waals surface area contributed by atoms with Gasteiger partial charge in [0.25, 0.3) is 0 Å². The first-order valence-electron chi connectivity index (χ1n) is 8.31. The van der Waals surface area contributed by atoms with Crippen molar-refractivity contribution >= 4 is 6.29 Å². The van der Waals surface area contributed by atoms with Crippen molar-refractivity contribution in [1.29, 1.82) is 0 Å². The van der Waals surface area contributed by atoms with E-state index in [1.807, 2.05) is 18.2 Å². The van der Waals surface area contributed by atoms with Crippen LogP contribution in [0.5, 0.6) is 0 Å². The molecule has 21 heavy (non-hydrogen) atoms. The molecule has 0 heterocycles. The summed E-state index contributed by atoms with van der Waals surface area (Å²) in [5.74, 6) is 2.82. The quantitative estimate of drug-likeness (QED) is 0.745. The topological polar surface area (TPSA) is 20.3 Å². The number of benzene rings is 1. The molecule has 0 radical (unpaired) electrons. The van der Waals surface area contributed by atoms with Crippen LogP contribution in [0, 0.1) is 17.8 Å². The maximum absolute atomic E-state index is 11.7. The summed E-state index contributed by atoms with van der Waals surface area (Å²) < 4.78 is 0. The third-order valence-corrected chi connectivity index (χ3v) is 5.72.